The van der Waals surface area contributed by atoms with Gasteiger partial charge in [0.05, 0.1) is 25.0 Å². The van der Waals surface area contributed by atoms with Gasteiger partial charge in [0.25, 0.3) is 0 Å². The Labute approximate surface area is 389 Å². The van der Waals surface area contributed by atoms with Gasteiger partial charge in [-0.3, -0.25) is 9.59 Å². The van der Waals surface area contributed by atoms with E-state index in [4.69, 9.17) is 9.47 Å². The van der Waals surface area contributed by atoms with Gasteiger partial charge >= 0.3 is 11.9 Å². The maximum atomic E-state index is 12.9. The van der Waals surface area contributed by atoms with Crippen LogP contribution in [0.2, 0.25) is 0 Å². The van der Waals surface area contributed by atoms with Gasteiger partial charge in [-0.05, 0) is 104 Å². The molecule has 0 fully saturated rings. The molecule has 6 nitrogen and oxygen atoms in total. The maximum absolute atomic E-state index is 12.9. The number of unbranched alkanes of at least 4 members (excludes halogenated alkanes) is 29. The van der Waals surface area contributed by atoms with Crippen molar-refractivity contribution in [3.8, 4) is 0 Å². The van der Waals surface area contributed by atoms with Crippen LogP contribution in [0.5, 0.6) is 0 Å². The third kappa shape index (κ3) is 42.8. The first-order chi connectivity index (χ1) is 30.4. The Hall–Kier alpha value is -1.14. The second-order valence-electron chi connectivity index (χ2n) is 19.8. The van der Waals surface area contributed by atoms with Gasteiger partial charge in [0.2, 0.25) is 0 Å². The van der Waals surface area contributed by atoms with Gasteiger partial charge in [-0.15, -0.1) is 0 Å². The molecule has 0 aliphatic carbocycles. The van der Waals surface area contributed by atoms with Gasteiger partial charge in [0, 0.05) is 0 Å². The molecule has 2 unspecified atom stereocenters. The molecule has 62 heavy (non-hydrogen) atoms. The summed E-state index contributed by atoms with van der Waals surface area (Å²) in [6.07, 6.45) is 49.5. The average Bonchev–Trinajstić information content (AvgIpc) is 3.27. The molecule has 0 saturated heterocycles. The van der Waals surface area contributed by atoms with E-state index in [9.17, 15) is 9.59 Å². The summed E-state index contributed by atoms with van der Waals surface area (Å²) >= 11 is 0. The van der Waals surface area contributed by atoms with Crippen LogP contribution >= 0.6 is 0 Å². The summed E-state index contributed by atoms with van der Waals surface area (Å²) in [5.74, 6) is 0.414. The van der Waals surface area contributed by atoms with E-state index in [1.165, 1.54) is 244 Å². The predicted molar refractivity (Wildman–Crippen MR) is 271 cm³/mol. The van der Waals surface area contributed by atoms with Crippen molar-refractivity contribution in [1.82, 2.24) is 9.80 Å². The van der Waals surface area contributed by atoms with Gasteiger partial charge in [-0.25, -0.2) is 0 Å². The fourth-order valence-electron chi connectivity index (χ4n) is 9.04. The molecule has 0 aromatic rings. The highest BCUT2D eigenvalue weighted by Crippen LogP contribution is 2.22. The molecule has 0 rings (SSSR count). The Morgan fingerprint density at radius 2 is 0.516 bits per heavy atom. The number of nitrogens with zero attached hydrogens (tertiary/aromatic N) is 2. The third-order valence-corrected chi connectivity index (χ3v) is 13.5. The molecular weight excluding hydrogens is 765 g/mol. The fraction of sp³-hybridized carbons (Fsp3) is 0.964. The topological polar surface area (TPSA) is 59.1 Å². The minimum Gasteiger partial charge on any atom is -0.465 e. The van der Waals surface area contributed by atoms with E-state index in [-0.39, 0.29) is 23.8 Å². The molecule has 0 amide bonds. The van der Waals surface area contributed by atoms with Crippen molar-refractivity contribution >= 4 is 11.9 Å². The van der Waals surface area contributed by atoms with Gasteiger partial charge < -0.3 is 19.3 Å². The van der Waals surface area contributed by atoms with Gasteiger partial charge in [-0.1, -0.05) is 220 Å². The van der Waals surface area contributed by atoms with Crippen molar-refractivity contribution in [3.63, 3.8) is 0 Å². The molecule has 370 valence electrons. The quantitative estimate of drug-likeness (QED) is 0.0448. The zero-order valence-electron chi connectivity index (χ0n) is 43.2. The molecule has 0 aliphatic heterocycles. The molecule has 0 radical (unpaired) electrons. The molecule has 0 N–H and O–H groups in total. The van der Waals surface area contributed by atoms with Crippen molar-refractivity contribution in [2.75, 3.05) is 53.5 Å². The fourth-order valence-corrected chi connectivity index (χ4v) is 9.04. The van der Waals surface area contributed by atoms with E-state index >= 15 is 0 Å². The monoisotopic (exact) mass is 877 g/mol. The Morgan fingerprint density at radius 3 is 0.790 bits per heavy atom. The first kappa shape index (κ1) is 60.9. The standard InChI is InChI=1S/C56H112N2O4/c1-7-11-15-19-25-35-45-53(43-33-17-13-9-3)55(59)61-51-41-31-23-29-39-49-57(5)47-37-27-21-22-28-38-48-58(6)50-40-30-24-32-42-52-62-56(60)54(44-34-18-14-10-4)46-36-26-20-16-12-8-2/h53-54H,7-52H2,1-6H3. The first-order valence-corrected chi connectivity index (χ1v) is 28.1. The summed E-state index contributed by atoms with van der Waals surface area (Å²) in [6.45, 7) is 15.1. The van der Waals surface area contributed by atoms with Gasteiger partial charge in [0.1, 0.15) is 0 Å². The zero-order valence-corrected chi connectivity index (χ0v) is 43.2. The molecule has 6 heteroatoms. The molecule has 0 aliphatic rings. The van der Waals surface area contributed by atoms with E-state index in [2.05, 4.69) is 51.6 Å². The number of esters is 2. The molecule has 0 aromatic heterocycles. The first-order valence-electron chi connectivity index (χ1n) is 28.1. The van der Waals surface area contributed by atoms with Gasteiger partial charge in [0.15, 0.2) is 0 Å². The SMILES string of the molecule is CCCCCCCCC(CCCCCC)C(=O)OCCCCCCCN(C)CCCCCCCCN(C)CCCCCCCOC(=O)C(CCCCCC)CCCCCCCC. The van der Waals surface area contributed by atoms with Crippen molar-refractivity contribution < 1.29 is 19.1 Å². The second-order valence-corrected chi connectivity index (χ2v) is 19.8. The third-order valence-electron chi connectivity index (χ3n) is 13.5. The summed E-state index contributed by atoms with van der Waals surface area (Å²) in [7, 11) is 4.58. The van der Waals surface area contributed by atoms with Crippen LogP contribution < -0.4 is 0 Å². The molecule has 0 aromatic carbocycles. The van der Waals surface area contributed by atoms with Crippen LogP contribution in [0.4, 0.5) is 0 Å². The summed E-state index contributed by atoms with van der Waals surface area (Å²) < 4.78 is 11.6. The van der Waals surface area contributed by atoms with Crippen molar-refractivity contribution in [1.29, 1.82) is 0 Å². The van der Waals surface area contributed by atoms with E-state index < -0.39 is 0 Å². The summed E-state index contributed by atoms with van der Waals surface area (Å²) in [5, 5.41) is 0. The van der Waals surface area contributed by atoms with Crippen LogP contribution in [0, 0.1) is 11.8 Å². The van der Waals surface area contributed by atoms with Crippen LogP contribution in [0.1, 0.15) is 285 Å². The Morgan fingerprint density at radius 1 is 0.306 bits per heavy atom. The van der Waals surface area contributed by atoms with Crippen LogP contribution in [0.3, 0.4) is 0 Å². The highest BCUT2D eigenvalue weighted by molar-refractivity contribution is 5.72. The van der Waals surface area contributed by atoms with E-state index in [0.717, 1.165) is 38.5 Å². The Kier molecular flexibility index (Phi) is 48.4. The van der Waals surface area contributed by atoms with Crippen LogP contribution in [-0.2, 0) is 19.1 Å². The molecule has 0 bridgehead atoms. The number of ether oxygens (including phenoxy) is 2. The summed E-state index contributed by atoms with van der Waals surface area (Å²) in [4.78, 5) is 30.8. The Bertz CT molecular complexity index is 842. The van der Waals surface area contributed by atoms with Crippen molar-refractivity contribution in [3.05, 3.63) is 0 Å². The summed E-state index contributed by atoms with van der Waals surface area (Å²) in [5.41, 5.74) is 0. The number of hydrogen-bond acceptors (Lipinski definition) is 6. The highest BCUT2D eigenvalue weighted by atomic mass is 16.5. The normalized spacial score (nSPS) is 12.7. The minimum absolute atomic E-state index is 0.0842. The largest absolute Gasteiger partial charge is 0.465 e. The Balaban J connectivity index is 3.77. The molecule has 0 heterocycles. The van der Waals surface area contributed by atoms with E-state index in [1.54, 1.807) is 0 Å². The predicted octanol–water partition coefficient (Wildman–Crippen LogP) is 16.9. The molecule has 0 saturated carbocycles. The smallest absolute Gasteiger partial charge is 0.308 e. The average molecular weight is 878 g/mol. The van der Waals surface area contributed by atoms with Crippen LogP contribution in [0.25, 0.3) is 0 Å². The second kappa shape index (κ2) is 49.3. The van der Waals surface area contributed by atoms with E-state index in [0.29, 0.717) is 13.2 Å². The van der Waals surface area contributed by atoms with Gasteiger partial charge in [-0.2, -0.15) is 0 Å². The van der Waals surface area contributed by atoms with E-state index in [1.807, 2.05) is 0 Å². The highest BCUT2D eigenvalue weighted by Gasteiger charge is 2.20. The van der Waals surface area contributed by atoms with Crippen molar-refractivity contribution in [2.24, 2.45) is 11.8 Å². The molecule has 2 atom stereocenters. The number of carbonyl (C=O) groups is 2. The van der Waals surface area contributed by atoms with Crippen molar-refractivity contribution in [2.45, 2.75) is 285 Å². The zero-order chi connectivity index (χ0) is 45.4. The lowest BCUT2D eigenvalue weighted by Gasteiger charge is -2.17. The summed E-state index contributed by atoms with van der Waals surface area (Å²) in [6, 6.07) is 0. The maximum Gasteiger partial charge on any atom is 0.308 e. The lowest BCUT2D eigenvalue weighted by molar-refractivity contribution is -0.150. The number of rotatable bonds is 51. The molecular formula is C56H112N2O4. The number of hydrogen-bond donors (Lipinski definition) is 0. The lowest BCUT2D eigenvalue weighted by atomic mass is 9.94. The number of carbonyl (C=O) groups excluding carboxylic acids is 2. The van der Waals surface area contributed by atoms with Crippen LogP contribution in [0.15, 0.2) is 0 Å². The molecule has 0 spiro atoms. The van der Waals surface area contributed by atoms with Crippen LogP contribution in [-0.4, -0.2) is 75.2 Å². The lowest BCUT2D eigenvalue weighted by Crippen LogP contribution is -2.21. The minimum atomic E-state index is 0.0842.